The monoisotopic (exact) mass is 953 g/mol. The molecular weight excluding hydrogens is 861 g/mol. The Morgan fingerprint density at radius 3 is 1.22 bits per heavy atom. The average Bonchev–Trinajstić information content (AvgIpc) is 3.54. The number of fused-ring (bicyclic) bond motifs is 2. The van der Waals surface area contributed by atoms with E-state index < -0.39 is 16.1 Å². The van der Waals surface area contributed by atoms with Crippen LogP contribution < -0.4 is 10.4 Å². The van der Waals surface area contributed by atoms with Gasteiger partial charge in [0.1, 0.15) is 0 Å². The maximum absolute atomic E-state index is 2.77. The molecule has 69 heavy (non-hydrogen) atoms. The third-order valence-corrected chi connectivity index (χ3v) is 32.7. The molecule has 7 aromatic rings. The first kappa shape index (κ1) is 51.6. The Morgan fingerprint density at radius 1 is 0.391 bits per heavy atom. The zero-order chi connectivity index (χ0) is 50.8. The average molecular weight is 954 g/mol. The molecule has 1 aliphatic heterocycles. The van der Waals surface area contributed by atoms with E-state index in [2.05, 4.69) is 226 Å². The minimum atomic E-state index is -2.15. The summed E-state index contributed by atoms with van der Waals surface area (Å²) in [7, 11) is -4.30. The Hall–Kier alpha value is -3.73. The topological polar surface area (TPSA) is 0 Å². The first-order valence-electron chi connectivity index (χ1n) is 27.9. The lowest BCUT2D eigenvalue weighted by Crippen LogP contribution is -2.55. The van der Waals surface area contributed by atoms with E-state index in [1.807, 2.05) is 0 Å². The van der Waals surface area contributed by atoms with Gasteiger partial charge in [-0.2, -0.15) is 0 Å². The summed E-state index contributed by atoms with van der Waals surface area (Å²) in [6.45, 7) is 57.4. The summed E-state index contributed by atoms with van der Waals surface area (Å²) in [6, 6.07) is 29.3. The fourth-order valence-corrected chi connectivity index (χ4v) is 29.5. The summed E-state index contributed by atoms with van der Waals surface area (Å²) >= 11 is 0. The Labute approximate surface area is 423 Å². The molecule has 368 valence electrons. The van der Waals surface area contributed by atoms with Gasteiger partial charge in [-0.1, -0.05) is 218 Å². The predicted octanol–water partition coefficient (Wildman–Crippen LogP) is 20.8. The molecule has 0 fully saturated rings. The van der Waals surface area contributed by atoms with Gasteiger partial charge in [-0.15, -0.1) is 0 Å². The summed E-state index contributed by atoms with van der Waals surface area (Å²) in [5.41, 5.74) is 20.1. The highest BCUT2D eigenvalue weighted by Gasteiger charge is 2.53. The molecular formula is C67H92Si2. The van der Waals surface area contributed by atoms with Gasteiger partial charge in [0.25, 0.3) is 0 Å². The van der Waals surface area contributed by atoms with Crippen LogP contribution in [0.4, 0.5) is 0 Å². The highest BCUT2D eigenvalue weighted by Crippen LogP contribution is 2.58. The van der Waals surface area contributed by atoms with Crippen LogP contribution in [0.2, 0.25) is 27.7 Å². The molecule has 0 aromatic heterocycles. The van der Waals surface area contributed by atoms with Crippen LogP contribution in [0, 0.1) is 0 Å². The summed E-state index contributed by atoms with van der Waals surface area (Å²) in [4.78, 5) is 0. The third kappa shape index (κ3) is 7.50. The maximum atomic E-state index is 2.77. The van der Waals surface area contributed by atoms with E-state index >= 15 is 0 Å². The predicted molar refractivity (Wildman–Crippen MR) is 318 cm³/mol. The lowest BCUT2D eigenvalue weighted by Gasteiger charge is -2.44. The van der Waals surface area contributed by atoms with Crippen LogP contribution >= 0.6 is 0 Å². The normalized spacial score (nSPS) is 15.7. The van der Waals surface area contributed by atoms with Gasteiger partial charge in [0.05, 0.1) is 16.1 Å². The van der Waals surface area contributed by atoms with Gasteiger partial charge in [-0.25, -0.2) is 0 Å². The van der Waals surface area contributed by atoms with Gasteiger partial charge >= 0.3 is 0 Å². The Kier molecular flexibility index (Phi) is 13.8. The molecule has 0 amide bonds. The van der Waals surface area contributed by atoms with Gasteiger partial charge < -0.3 is 0 Å². The van der Waals surface area contributed by atoms with Crippen LogP contribution in [0.5, 0.6) is 0 Å². The second-order valence-corrected chi connectivity index (χ2v) is 37.3. The molecule has 0 aliphatic carbocycles. The highest BCUT2D eigenvalue weighted by atomic mass is 28.3. The Morgan fingerprint density at radius 2 is 0.797 bits per heavy atom. The van der Waals surface area contributed by atoms with Crippen molar-refractivity contribution in [3.05, 3.63) is 106 Å². The standard InChI is InChI=1S/C67H92Si2/c1-35(2)47-28-52(37(5)6)63(53(29-47)38(7)8)49-32-56-51-25-27-61-67-62(46(23)69(61,44(19)20)45(21)22)59(65-54(39(9)10)30-48(36(3)4)31-55(65)40(11)12)34-57(66(51)67)50-24-26-60(58(33-49)64(50)56)68(41(13)14,42(15)16)43(17)18/h24-46H,1-23H3. The summed E-state index contributed by atoms with van der Waals surface area (Å²) in [5, 5.41) is 15.4. The quantitative estimate of drug-likeness (QED) is 0.0579. The summed E-state index contributed by atoms with van der Waals surface area (Å²) in [6.07, 6.45) is 0. The maximum Gasteiger partial charge on any atom is 0.0996 e. The molecule has 0 saturated carbocycles. The Bertz CT molecular complexity index is 2980. The molecule has 7 aromatic carbocycles. The molecule has 1 atom stereocenters. The molecule has 0 N–H and O–H groups in total. The van der Waals surface area contributed by atoms with Crippen LogP contribution in [0.25, 0.3) is 65.3 Å². The van der Waals surface area contributed by atoms with Gasteiger partial charge in [0.2, 0.25) is 0 Å². The molecule has 0 spiro atoms. The van der Waals surface area contributed by atoms with E-state index in [9.17, 15) is 0 Å². The van der Waals surface area contributed by atoms with Crippen LogP contribution in [-0.4, -0.2) is 16.1 Å². The number of benzene rings is 7. The van der Waals surface area contributed by atoms with Crippen molar-refractivity contribution >= 4 is 69.6 Å². The molecule has 2 heteroatoms. The minimum Gasteiger partial charge on any atom is -0.0648 e. The third-order valence-electron chi connectivity index (χ3n) is 18.7. The SMILES string of the molecule is CC(C)c1cc(C(C)C)c(-c2cc3c([Si](C(C)C)(C(C)C)C(C)C)ccc4c5cc(-c6c(C(C)C)cc(C(C)C)cc6C(C)C)c6c7c(ccc(c(c2)c34)c75)[Si](C(C)C)(C(C)C)C6C)c(C(C)C)c1. The summed E-state index contributed by atoms with van der Waals surface area (Å²) < 4.78 is 0. The fourth-order valence-electron chi connectivity index (χ4n) is 15.7. The van der Waals surface area contributed by atoms with E-state index in [0.29, 0.717) is 68.8 Å². The van der Waals surface area contributed by atoms with Crippen molar-refractivity contribution in [2.24, 2.45) is 0 Å². The lowest BCUT2D eigenvalue weighted by molar-refractivity contribution is 0.806. The molecule has 1 aliphatic rings. The van der Waals surface area contributed by atoms with E-state index in [0.717, 1.165) is 0 Å². The Balaban J connectivity index is 1.70. The van der Waals surface area contributed by atoms with Gasteiger partial charge in [-0.3, -0.25) is 0 Å². The number of hydrogen-bond acceptors (Lipinski definition) is 0. The first-order chi connectivity index (χ1) is 32.3. The smallest absolute Gasteiger partial charge is 0.0648 e. The van der Waals surface area contributed by atoms with E-state index in [1.165, 1.54) is 93.3 Å². The van der Waals surface area contributed by atoms with E-state index in [4.69, 9.17) is 0 Å². The van der Waals surface area contributed by atoms with E-state index in [1.54, 1.807) is 21.3 Å². The van der Waals surface area contributed by atoms with Crippen molar-refractivity contribution in [1.82, 2.24) is 0 Å². The van der Waals surface area contributed by atoms with Crippen molar-refractivity contribution in [1.29, 1.82) is 0 Å². The van der Waals surface area contributed by atoms with Crippen molar-refractivity contribution < 1.29 is 0 Å². The van der Waals surface area contributed by atoms with Crippen LogP contribution in [0.3, 0.4) is 0 Å². The van der Waals surface area contributed by atoms with Gasteiger partial charge in [0.15, 0.2) is 0 Å². The van der Waals surface area contributed by atoms with Gasteiger partial charge in [0, 0.05) is 0 Å². The molecule has 0 nitrogen and oxygen atoms in total. The molecule has 0 saturated heterocycles. The van der Waals surface area contributed by atoms with Crippen molar-refractivity contribution in [3.8, 4) is 22.3 Å². The second kappa shape index (κ2) is 18.4. The number of rotatable bonds is 14. The van der Waals surface area contributed by atoms with E-state index in [-0.39, 0.29) is 0 Å². The molecule has 0 radical (unpaired) electrons. The van der Waals surface area contributed by atoms with Crippen LogP contribution in [0.1, 0.15) is 239 Å². The highest BCUT2D eigenvalue weighted by molar-refractivity contribution is 6.98. The van der Waals surface area contributed by atoms with Crippen molar-refractivity contribution in [2.75, 3.05) is 0 Å². The minimum absolute atomic E-state index is 0.402. The van der Waals surface area contributed by atoms with Crippen LogP contribution in [-0.2, 0) is 0 Å². The van der Waals surface area contributed by atoms with Gasteiger partial charge in [-0.05, 0) is 191 Å². The first-order valence-corrected chi connectivity index (χ1v) is 32.4. The van der Waals surface area contributed by atoms with Crippen molar-refractivity contribution in [3.63, 3.8) is 0 Å². The van der Waals surface area contributed by atoms with Crippen LogP contribution in [0.15, 0.2) is 66.7 Å². The molecule has 8 rings (SSSR count). The molecule has 0 bridgehead atoms. The fraction of sp³-hybridized carbons (Fsp3) is 0.522. The molecule has 1 heterocycles. The largest absolute Gasteiger partial charge is 0.0996 e. The second-order valence-electron chi connectivity index (χ2n) is 25.8. The lowest BCUT2D eigenvalue weighted by atomic mass is 9.77. The molecule has 1 unspecified atom stereocenters. The van der Waals surface area contributed by atoms with Crippen molar-refractivity contribution in [2.45, 2.75) is 228 Å². The zero-order valence-corrected chi connectivity index (χ0v) is 49.8. The summed E-state index contributed by atoms with van der Waals surface area (Å²) in [5.74, 6) is 2.57. The number of hydrogen-bond donors (Lipinski definition) is 0. The zero-order valence-electron chi connectivity index (χ0n) is 47.8.